The third-order valence-corrected chi connectivity index (χ3v) is 3.84. The zero-order valence-corrected chi connectivity index (χ0v) is 14.2. The summed E-state index contributed by atoms with van der Waals surface area (Å²) in [5, 5.41) is 2.50. The van der Waals surface area contributed by atoms with E-state index in [9.17, 15) is 14.0 Å². The third kappa shape index (κ3) is 3.32. The number of anilines is 1. The van der Waals surface area contributed by atoms with Gasteiger partial charge in [-0.15, -0.1) is 0 Å². The lowest BCUT2D eigenvalue weighted by atomic mass is 10.1. The fourth-order valence-electron chi connectivity index (χ4n) is 2.60. The zero-order valence-electron chi connectivity index (χ0n) is 14.2. The number of hydrogen-bond donors (Lipinski definition) is 1. The van der Waals surface area contributed by atoms with Crippen LogP contribution in [0.25, 0.3) is 5.69 Å². The molecule has 1 amide bonds. The number of para-hydroxylation sites is 2. The van der Waals surface area contributed by atoms with Crippen molar-refractivity contribution in [2.45, 2.75) is 6.92 Å². The van der Waals surface area contributed by atoms with Gasteiger partial charge in [-0.25, -0.2) is 4.39 Å². The maximum absolute atomic E-state index is 13.3. The first-order valence-corrected chi connectivity index (χ1v) is 7.79. The highest BCUT2D eigenvalue weighted by atomic mass is 19.1. The van der Waals surface area contributed by atoms with E-state index in [1.54, 1.807) is 43.5 Å². The minimum absolute atomic E-state index is 0.0392. The average Bonchev–Trinajstić information content (AvgIpc) is 2.62. The Kier molecular flexibility index (Phi) is 4.79. The number of aromatic nitrogens is 2. The number of benzene rings is 1. The number of hydrogen-bond acceptors (Lipinski definition) is 4. The van der Waals surface area contributed by atoms with Crippen molar-refractivity contribution in [3.63, 3.8) is 0 Å². The van der Waals surface area contributed by atoms with Crippen molar-refractivity contribution < 1.29 is 13.9 Å². The summed E-state index contributed by atoms with van der Waals surface area (Å²) >= 11 is 0. The van der Waals surface area contributed by atoms with Crippen LogP contribution in [0.15, 0.2) is 59.8 Å². The highest BCUT2D eigenvalue weighted by Gasteiger charge is 2.18. The van der Waals surface area contributed by atoms with Gasteiger partial charge in [-0.05, 0) is 30.7 Å². The minimum atomic E-state index is -0.635. The highest BCUT2D eigenvalue weighted by molar-refractivity contribution is 6.05. The van der Waals surface area contributed by atoms with E-state index in [0.29, 0.717) is 17.0 Å². The normalized spacial score (nSPS) is 10.4. The molecule has 2 heterocycles. The number of carbonyl (C=O) groups is 1. The topological polar surface area (TPSA) is 73.2 Å². The molecule has 0 aliphatic rings. The zero-order chi connectivity index (χ0) is 18.7. The Balaban J connectivity index is 2.05. The standard InChI is InChI=1S/C19H16FN3O3/c1-12-7-8-23(15-5-3-4-6-16(15)26-2)19(25)17(12)18(24)22-14-9-13(20)10-21-11-14/h3-11H,1-2H3,(H,22,24). The number of aryl methyl sites for hydroxylation is 1. The predicted octanol–water partition coefficient (Wildman–Crippen LogP) is 2.94. The van der Waals surface area contributed by atoms with E-state index < -0.39 is 17.3 Å². The quantitative estimate of drug-likeness (QED) is 0.783. The van der Waals surface area contributed by atoms with Gasteiger partial charge in [0, 0.05) is 12.3 Å². The molecule has 3 rings (SSSR count). The molecule has 2 aromatic heterocycles. The highest BCUT2D eigenvalue weighted by Crippen LogP contribution is 2.21. The molecule has 0 aliphatic carbocycles. The van der Waals surface area contributed by atoms with E-state index in [1.165, 1.54) is 17.9 Å². The van der Waals surface area contributed by atoms with Crippen LogP contribution in [-0.2, 0) is 0 Å². The SMILES string of the molecule is COc1ccccc1-n1ccc(C)c(C(=O)Nc2cncc(F)c2)c1=O. The van der Waals surface area contributed by atoms with Gasteiger partial charge in [0.25, 0.3) is 11.5 Å². The van der Waals surface area contributed by atoms with Crippen LogP contribution in [0, 0.1) is 12.7 Å². The van der Waals surface area contributed by atoms with Crippen molar-refractivity contribution in [2.75, 3.05) is 12.4 Å². The Morgan fingerprint density at radius 3 is 2.73 bits per heavy atom. The summed E-state index contributed by atoms with van der Waals surface area (Å²) in [6, 6.07) is 9.77. The van der Waals surface area contributed by atoms with Gasteiger partial charge < -0.3 is 10.1 Å². The summed E-state index contributed by atoms with van der Waals surface area (Å²) < 4.78 is 19.9. The summed E-state index contributed by atoms with van der Waals surface area (Å²) in [6.45, 7) is 1.66. The molecule has 0 saturated carbocycles. The molecule has 0 atom stereocenters. The lowest BCUT2D eigenvalue weighted by Crippen LogP contribution is -2.29. The molecule has 26 heavy (non-hydrogen) atoms. The maximum atomic E-state index is 13.3. The Hall–Kier alpha value is -3.48. The Morgan fingerprint density at radius 1 is 1.23 bits per heavy atom. The molecular formula is C19H16FN3O3. The summed E-state index contributed by atoms with van der Waals surface area (Å²) in [5.41, 5.74) is 0.644. The number of nitrogens with one attached hydrogen (secondary N) is 1. The van der Waals surface area contributed by atoms with E-state index in [4.69, 9.17) is 4.74 Å². The fourth-order valence-corrected chi connectivity index (χ4v) is 2.60. The van der Waals surface area contributed by atoms with Gasteiger partial charge >= 0.3 is 0 Å². The van der Waals surface area contributed by atoms with Crippen LogP contribution in [0.3, 0.4) is 0 Å². The molecule has 6 nitrogen and oxygen atoms in total. The molecule has 7 heteroatoms. The largest absolute Gasteiger partial charge is 0.495 e. The summed E-state index contributed by atoms with van der Waals surface area (Å²) in [4.78, 5) is 29.2. The predicted molar refractivity (Wildman–Crippen MR) is 95.5 cm³/mol. The summed E-state index contributed by atoms with van der Waals surface area (Å²) in [5.74, 6) is -0.720. The smallest absolute Gasteiger partial charge is 0.268 e. The second-order valence-corrected chi connectivity index (χ2v) is 5.57. The minimum Gasteiger partial charge on any atom is -0.495 e. The molecule has 0 saturated heterocycles. The van der Waals surface area contributed by atoms with Crippen molar-refractivity contribution in [3.05, 3.63) is 82.3 Å². The Bertz CT molecular complexity index is 1030. The number of halogens is 1. The lowest BCUT2D eigenvalue weighted by Gasteiger charge is -2.13. The Morgan fingerprint density at radius 2 is 2.00 bits per heavy atom. The molecule has 0 unspecified atom stereocenters. The van der Waals surface area contributed by atoms with Crippen LogP contribution < -0.4 is 15.6 Å². The molecule has 1 N–H and O–H groups in total. The number of nitrogens with zero attached hydrogens (tertiary/aromatic N) is 2. The first-order chi connectivity index (χ1) is 12.5. The van der Waals surface area contributed by atoms with Crippen LogP contribution in [0.2, 0.25) is 0 Å². The molecule has 0 aliphatic heterocycles. The number of carbonyl (C=O) groups excluding carboxylic acids is 1. The van der Waals surface area contributed by atoms with E-state index >= 15 is 0 Å². The van der Waals surface area contributed by atoms with E-state index in [-0.39, 0.29) is 11.3 Å². The van der Waals surface area contributed by atoms with Crippen molar-refractivity contribution in [2.24, 2.45) is 0 Å². The maximum Gasteiger partial charge on any atom is 0.268 e. The first kappa shape index (κ1) is 17.3. The van der Waals surface area contributed by atoms with E-state index in [2.05, 4.69) is 10.3 Å². The van der Waals surface area contributed by atoms with Gasteiger partial charge in [-0.3, -0.25) is 19.1 Å². The van der Waals surface area contributed by atoms with E-state index in [1.807, 2.05) is 0 Å². The summed E-state index contributed by atoms with van der Waals surface area (Å²) in [7, 11) is 1.50. The number of amides is 1. The van der Waals surface area contributed by atoms with Gasteiger partial charge in [0.05, 0.1) is 30.9 Å². The molecule has 0 spiro atoms. The number of rotatable bonds is 4. The second-order valence-electron chi connectivity index (χ2n) is 5.57. The molecule has 0 radical (unpaired) electrons. The van der Waals surface area contributed by atoms with Crippen molar-refractivity contribution in [3.8, 4) is 11.4 Å². The molecule has 132 valence electrons. The molecule has 0 fully saturated rings. The van der Waals surface area contributed by atoms with Gasteiger partial charge in [0.2, 0.25) is 0 Å². The van der Waals surface area contributed by atoms with Crippen LogP contribution in [-0.4, -0.2) is 22.6 Å². The Labute approximate surface area is 148 Å². The second kappa shape index (κ2) is 7.18. The van der Waals surface area contributed by atoms with Gasteiger partial charge in [-0.2, -0.15) is 0 Å². The lowest BCUT2D eigenvalue weighted by molar-refractivity contribution is 0.102. The van der Waals surface area contributed by atoms with Crippen LogP contribution in [0.1, 0.15) is 15.9 Å². The molecule has 3 aromatic rings. The van der Waals surface area contributed by atoms with Gasteiger partial charge in [-0.1, -0.05) is 12.1 Å². The van der Waals surface area contributed by atoms with Crippen LogP contribution >= 0.6 is 0 Å². The van der Waals surface area contributed by atoms with Crippen molar-refractivity contribution in [1.82, 2.24) is 9.55 Å². The average molecular weight is 353 g/mol. The number of ether oxygens (including phenoxy) is 1. The molecule has 1 aromatic carbocycles. The monoisotopic (exact) mass is 353 g/mol. The number of methoxy groups -OCH3 is 1. The number of pyridine rings is 2. The van der Waals surface area contributed by atoms with Crippen LogP contribution in [0.5, 0.6) is 5.75 Å². The van der Waals surface area contributed by atoms with Crippen LogP contribution in [0.4, 0.5) is 10.1 Å². The van der Waals surface area contributed by atoms with Gasteiger partial charge in [0.15, 0.2) is 0 Å². The third-order valence-electron chi connectivity index (χ3n) is 3.84. The molecule has 0 bridgehead atoms. The van der Waals surface area contributed by atoms with Crippen molar-refractivity contribution >= 4 is 11.6 Å². The summed E-state index contributed by atoms with van der Waals surface area (Å²) in [6.07, 6.45) is 3.91. The molecular weight excluding hydrogens is 337 g/mol. The first-order valence-electron chi connectivity index (χ1n) is 7.79. The van der Waals surface area contributed by atoms with E-state index in [0.717, 1.165) is 12.3 Å². The van der Waals surface area contributed by atoms with Crippen molar-refractivity contribution in [1.29, 1.82) is 0 Å². The van der Waals surface area contributed by atoms with Gasteiger partial charge in [0.1, 0.15) is 17.1 Å². The fraction of sp³-hybridized carbons (Fsp3) is 0.105.